The van der Waals surface area contributed by atoms with Crippen LogP contribution in [-0.4, -0.2) is 67.9 Å². The molecule has 3 aromatic rings. The van der Waals surface area contributed by atoms with Crippen molar-refractivity contribution >= 4 is 23.1 Å². The van der Waals surface area contributed by atoms with E-state index in [9.17, 15) is 14.7 Å². The summed E-state index contributed by atoms with van der Waals surface area (Å²) in [6, 6.07) is 22.2. The molecule has 3 aromatic carbocycles. The summed E-state index contributed by atoms with van der Waals surface area (Å²) >= 11 is 0. The van der Waals surface area contributed by atoms with E-state index in [0.29, 0.717) is 31.0 Å². The van der Waals surface area contributed by atoms with E-state index in [1.54, 1.807) is 23.1 Å². The number of Topliss-reactive ketones (excluding diaryl/α,β-unsaturated/α-hetero) is 1. The van der Waals surface area contributed by atoms with E-state index in [4.69, 9.17) is 4.74 Å². The summed E-state index contributed by atoms with van der Waals surface area (Å²) in [6.45, 7) is 3.27. The number of rotatable bonds is 9. The molecule has 1 aliphatic rings. The number of amides is 1. The monoisotopic (exact) mass is 513 g/mol. The lowest BCUT2D eigenvalue weighted by Gasteiger charge is -2.27. The van der Waals surface area contributed by atoms with Gasteiger partial charge in [-0.15, -0.1) is 0 Å². The van der Waals surface area contributed by atoms with Gasteiger partial charge < -0.3 is 24.5 Å². The molecule has 198 valence electrons. The van der Waals surface area contributed by atoms with E-state index in [1.165, 1.54) is 0 Å². The highest BCUT2D eigenvalue weighted by molar-refractivity contribution is 6.46. The van der Waals surface area contributed by atoms with Crippen LogP contribution >= 0.6 is 0 Å². The molecule has 0 bridgehead atoms. The molecule has 38 heavy (non-hydrogen) atoms. The number of ketones is 1. The van der Waals surface area contributed by atoms with Crippen LogP contribution in [0, 0.1) is 6.92 Å². The normalized spacial score (nSPS) is 16.8. The number of nitrogens with zero attached hydrogens (tertiary/aromatic N) is 3. The Bertz CT molecular complexity index is 1330. The highest BCUT2D eigenvalue weighted by Gasteiger charge is 2.45. The SMILES string of the molecule is Cc1cc(/C(O)=C2/C(=O)C(=O)N(CCN(C)C)C2c2ccc(N(C)C)cc2)ccc1OCc1ccccc1. The first kappa shape index (κ1) is 26.9. The Labute approximate surface area is 224 Å². The van der Waals surface area contributed by atoms with Gasteiger partial charge >= 0.3 is 0 Å². The summed E-state index contributed by atoms with van der Waals surface area (Å²) < 4.78 is 5.98. The highest BCUT2D eigenvalue weighted by Crippen LogP contribution is 2.40. The number of ether oxygens (including phenoxy) is 1. The van der Waals surface area contributed by atoms with Crippen molar-refractivity contribution in [2.75, 3.05) is 46.2 Å². The molecule has 7 heteroatoms. The number of anilines is 1. The van der Waals surface area contributed by atoms with Crippen LogP contribution in [0.5, 0.6) is 5.75 Å². The van der Waals surface area contributed by atoms with Crippen molar-refractivity contribution in [2.24, 2.45) is 0 Å². The predicted molar refractivity (Wildman–Crippen MR) is 150 cm³/mol. The minimum atomic E-state index is -0.680. The van der Waals surface area contributed by atoms with Crippen LogP contribution in [0.25, 0.3) is 5.76 Å². The third-order valence-electron chi connectivity index (χ3n) is 6.74. The first-order valence-electron chi connectivity index (χ1n) is 12.7. The average Bonchev–Trinajstić information content (AvgIpc) is 3.16. The lowest BCUT2D eigenvalue weighted by Crippen LogP contribution is -2.35. The van der Waals surface area contributed by atoms with Gasteiger partial charge in [0.05, 0.1) is 11.6 Å². The largest absolute Gasteiger partial charge is 0.507 e. The van der Waals surface area contributed by atoms with E-state index in [1.807, 2.05) is 99.5 Å². The number of hydrogen-bond donors (Lipinski definition) is 1. The third-order valence-corrected chi connectivity index (χ3v) is 6.74. The number of hydrogen-bond acceptors (Lipinski definition) is 6. The van der Waals surface area contributed by atoms with Crippen LogP contribution in [-0.2, 0) is 16.2 Å². The van der Waals surface area contributed by atoms with Crippen LogP contribution in [0.2, 0.25) is 0 Å². The van der Waals surface area contributed by atoms with Crippen LogP contribution in [0.1, 0.15) is 28.3 Å². The van der Waals surface area contributed by atoms with Gasteiger partial charge in [-0.2, -0.15) is 0 Å². The van der Waals surface area contributed by atoms with Crippen LogP contribution in [0.15, 0.2) is 78.4 Å². The second-order valence-electron chi connectivity index (χ2n) is 10.0. The van der Waals surface area contributed by atoms with E-state index in [2.05, 4.69) is 0 Å². The summed E-state index contributed by atoms with van der Waals surface area (Å²) in [5.74, 6) is -0.776. The molecule has 1 heterocycles. The van der Waals surface area contributed by atoms with Gasteiger partial charge in [-0.05, 0) is 68.0 Å². The van der Waals surface area contributed by atoms with Crippen molar-refractivity contribution < 1.29 is 19.4 Å². The van der Waals surface area contributed by atoms with E-state index in [-0.39, 0.29) is 11.3 Å². The molecular weight excluding hydrogens is 478 g/mol. The summed E-state index contributed by atoms with van der Waals surface area (Å²) in [6.07, 6.45) is 0. The van der Waals surface area contributed by atoms with Gasteiger partial charge in [0.15, 0.2) is 0 Å². The molecule has 1 amide bonds. The van der Waals surface area contributed by atoms with Crippen molar-refractivity contribution in [3.05, 3.63) is 101 Å². The quantitative estimate of drug-likeness (QED) is 0.256. The molecule has 1 N–H and O–H groups in total. The van der Waals surface area contributed by atoms with Crippen molar-refractivity contribution in [1.29, 1.82) is 0 Å². The maximum atomic E-state index is 13.3. The molecule has 4 rings (SSSR count). The zero-order valence-electron chi connectivity index (χ0n) is 22.6. The van der Waals surface area contributed by atoms with E-state index >= 15 is 0 Å². The Balaban J connectivity index is 1.70. The molecule has 1 fully saturated rings. The second-order valence-corrected chi connectivity index (χ2v) is 10.0. The van der Waals surface area contributed by atoms with Gasteiger partial charge in [-0.25, -0.2) is 0 Å². The lowest BCUT2D eigenvalue weighted by atomic mass is 9.94. The molecular formula is C31H35N3O4. The van der Waals surface area contributed by atoms with Gasteiger partial charge in [0.25, 0.3) is 11.7 Å². The minimum Gasteiger partial charge on any atom is -0.507 e. The standard InChI is InChI=1S/C31H35N3O4/c1-21-19-24(13-16-26(21)38-20-22-9-7-6-8-10-22)29(35)27-28(23-11-14-25(15-12-23)33(4)5)34(18-17-32(2)3)31(37)30(27)36/h6-16,19,28,35H,17-18,20H2,1-5H3/b29-27-. The van der Waals surface area contributed by atoms with E-state index in [0.717, 1.165) is 22.4 Å². The van der Waals surface area contributed by atoms with Gasteiger partial charge in [-0.1, -0.05) is 42.5 Å². The predicted octanol–water partition coefficient (Wildman–Crippen LogP) is 4.62. The fourth-order valence-corrected chi connectivity index (χ4v) is 4.57. The van der Waals surface area contributed by atoms with Crippen molar-refractivity contribution in [2.45, 2.75) is 19.6 Å². The average molecular weight is 514 g/mol. The Morgan fingerprint density at radius 2 is 1.63 bits per heavy atom. The molecule has 7 nitrogen and oxygen atoms in total. The smallest absolute Gasteiger partial charge is 0.295 e. The molecule has 0 saturated carbocycles. The summed E-state index contributed by atoms with van der Waals surface area (Å²) in [5.41, 5.74) is 4.21. The zero-order chi connectivity index (χ0) is 27.4. The topological polar surface area (TPSA) is 73.3 Å². The van der Waals surface area contributed by atoms with Crippen LogP contribution in [0.3, 0.4) is 0 Å². The molecule has 0 aromatic heterocycles. The van der Waals surface area contributed by atoms with Crippen molar-refractivity contribution in [1.82, 2.24) is 9.80 Å². The number of likely N-dealkylation sites (tertiary alicyclic amines) is 1. The molecule has 1 aliphatic heterocycles. The van der Waals surface area contributed by atoms with Crippen molar-refractivity contribution in [3.63, 3.8) is 0 Å². The molecule has 0 radical (unpaired) electrons. The zero-order valence-corrected chi connectivity index (χ0v) is 22.6. The molecule has 0 aliphatic carbocycles. The number of carbonyl (C=O) groups excluding carboxylic acids is 2. The number of benzene rings is 3. The first-order valence-corrected chi connectivity index (χ1v) is 12.7. The van der Waals surface area contributed by atoms with Gasteiger partial charge in [-0.3, -0.25) is 9.59 Å². The number of aliphatic hydroxyl groups is 1. The Kier molecular flexibility index (Phi) is 8.17. The molecule has 1 saturated heterocycles. The molecule has 0 spiro atoms. The number of aliphatic hydroxyl groups excluding tert-OH is 1. The number of aryl methyl sites for hydroxylation is 1. The maximum absolute atomic E-state index is 13.3. The molecule has 1 unspecified atom stereocenters. The van der Waals surface area contributed by atoms with Crippen LogP contribution < -0.4 is 9.64 Å². The second kappa shape index (κ2) is 11.5. The third kappa shape index (κ3) is 5.73. The fraction of sp³-hybridized carbons (Fsp3) is 0.290. The minimum absolute atomic E-state index is 0.101. The summed E-state index contributed by atoms with van der Waals surface area (Å²) in [7, 11) is 7.74. The number of carbonyl (C=O) groups is 2. The van der Waals surface area contributed by atoms with E-state index < -0.39 is 17.7 Å². The fourth-order valence-electron chi connectivity index (χ4n) is 4.57. The molecule has 1 atom stereocenters. The Hall–Kier alpha value is -4.10. The van der Waals surface area contributed by atoms with Gasteiger partial charge in [0, 0.05) is 38.4 Å². The first-order chi connectivity index (χ1) is 18.2. The van der Waals surface area contributed by atoms with Gasteiger partial charge in [0.2, 0.25) is 0 Å². The Morgan fingerprint density at radius 3 is 2.24 bits per heavy atom. The van der Waals surface area contributed by atoms with Gasteiger partial charge in [0.1, 0.15) is 18.1 Å². The number of likely N-dealkylation sites (N-methyl/N-ethyl adjacent to an activating group) is 1. The van der Waals surface area contributed by atoms with Crippen LogP contribution in [0.4, 0.5) is 5.69 Å². The van der Waals surface area contributed by atoms with Crippen molar-refractivity contribution in [3.8, 4) is 5.75 Å². The Morgan fingerprint density at radius 1 is 0.947 bits per heavy atom. The highest BCUT2D eigenvalue weighted by atomic mass is 16.5. The summed E-state index contributed by atoms with van der Waals surface area (Å²) in [4.78, 5) is 31.9. The maximum Gasteiger partial charge on any atom is 0.295 e. The lowest BCUT2D eigenvalue weighted by molar-refractivity contribution is -0.140. The summed E-state index contributed by atoms with van der Waals surface area (Å²) in [5, 5.41) is 11.4.